The summed E-state index contributed by atoms with van der Waals surface area (Å²) >= 11 is 1.08. The molecule has 0 radical (unpaired) electrons. The average Bonchev–Trinajstić information content (AvgIpc) is 2.60. The van der Waals surface area contributed by atoms with Crippen molar-refractivity contribution in [3.63, 3.8) is 0 Å². The molecular formula is C16H19N3O5S2. The van der Waals surface area contributed by atoms with Gasteiger partial charge in [-0.1, -0.05) is 0 Å². The predicted molar refractivity (Wildman–Crippen MR) is 98.6 cm³/mol. The van der Waals surface area contributed by atoms with Gasteiger partial charge in [-0.3, -0.25) is 4.79 Å². The Morgan fingerprint density at radius 1 is 1.31 bits per heavy atom. The van der Waals surface area contributed by atoms with Crippen LogP contribution in [0.3, 0.4) is 0 Å². The fourth-order valence-electron chi connectivity index (χ4n) is 2.01. The number of pyridine rings is 1. The number of nitrogens with one attached hydrogen (secondary N) is 1. The van der Waals surface area contributed by atoms with Crippen molar-refractivity contribution in [3.8, 4) is 5.75 Å². The first-order valence-electron chi connectivity index (χ1n) is 7.47. The molecule has 0 unspecified atom stereocenters. The monoisotopic (exact) mass is 397 g/mol. The second-order valence-corrected chi connectivity index (χ2v) is 8.47. The van der Waals surface area contributed by atoms with Gasteiger partial charge in [-0.2, -0.15) is 4.73 Å². The molecule has 26 heavy (non-hydrogen) atoms. The van der Waals surface area contributed by atoms with Gasteiger partial charge in [0.05, 0.1) is 12.9 Å². The molecule has 8 nitrogen and oxygen atoms in total. The number of ether oxygens (including phenoxy) is 1. The van der Waals surface area contributed by atoms with Crippen molar-refractivity contribution in [2.75, 3.05) is 32.3 Å². The summed E-state index contributed by atoms with van der Waals surface area (Å²) in [6.45, 7) is 0. The van der Waals surface area contributed by atoms with Crippen LogP contribution in [0.5, 0.6) is 5.75 Å². The number of methoxy groups -OCH3 is 1. The molecular weight excluding hydrogens is 378 g/mol. The van der Waals surface area contributed by atoms with E-state index < -0.39 is 10.0 Å². The Morgan fingerprint density at radius 2 is 2.04 bits per heavy atom. The normalized spacial score (nSPS) is 11.4. The molecule has 0 saturated carbocycles. The molecule has 2 rings (SSSR count). The number of rotatable bonds is 7. The van der Waals surface area contributed by atoms with E-state index in [-0.39, 0.29) is 22.3 Å². The van der Waals surface area contributed by atoms with E-state index in [2.05, 4.69) is 5.32 Å². The van der Waals surface area contributed by atoms with Crippen molar-refractivity contribution in [1.29, 1.82) is 0 Å². The zero-order chi connectivity index (χ0) is 19.3. The van der Waals surface area contributed by atoms with Gasteiger partial charge in [0.2, 0.25) is 15.9 Å². The van der Waals surface area contributed by atoms with E-state index in [0.29, 0.717) is 15.4 Å². The lowest BCUT2D eigenvalue weighted by atomic mass is 10.3. The summed E-state index contributed by atoms with van der Waals surface area (Å²) in [6, 6.07) is 9.28. The van der Waals surface area contributed by atoms with E-state index in [4.69, 9.17) is 4.74 Å². The Bertz CT molecular complexity index is 901. The third-order valence-corrected chi connectivity index (χ3v) is 6.20. The van der Waals surface area contributed by atoms with E-state index in [1.807, 2.05) is 0 Å². The quantitative estimate of drug-likeness (QED) is 0.429. The highest BCUT2D eigenvalue weighted by Crippen LogP contribution is 2.29. The van der Waals surface area contributed by atoms with Gasteiger partial charge in [0, 0.05) is 31.9 Å². The summed E-state index contributed by atoms with van der Waals surface area (Å²) in [6.07, 6.45) is 1.35. The van der Waals surface area contributed by atoms with Gasteiger partial charge < -0.3 is 15.3 Å². The van der Waals surface area contributed by atoms with Gasteiger partial charge in [0.1, 0.15) is 10.6 Å². The Morgan fingerprint density at radius 3 is 2.65 bits per heavy atom. The van der Waals surface area contributed by atoms with Crippen LogP contribution in [0.25, 0.3) is 0 Å². The first kappa shape index (κ1) is 20.0. The lowest BCUT2D eigenvalue weighted by molar-refractivity contribution is -0.645. The zero-order valence-electron chi connectivity index (χ0n) is 14.5. The molecule has 0 spiro atoms. The minimum atomic E-state index is -3.73. The highest BCUT2D eigenvalue weighted by atomic mass is 32.2. The fraction of sp³-hybridized carbons (Fsp3) is 0.250. The Kier molecular flexibility index (Phi) is 6.46. The number of nitrogens with zero attached hydrogens (tertiary/aromatic N) is 2. The molecule has 1 N–H and O–H groups in total. The van der Waals surface area contributed by atoms with Crippen LogP contribution in [0.1, 0.15) is 0 Å². The molecule has 0 bridgehead atoms. The molecule has 10 heteroatoms. The third-order valence-electron chi connectivity index (χ3n) is 3.35. The molecule has 140 valence electrons. The summed E-state index contributed by atoms with van der Waals surface area (Å²) < 4.78 is 31.6. The lowest BCUT2D eigenvalue weighted by Gasteiger charge is -2.15. The number of carbonyl (C=O) groups is 1. The molecule has 1 amide bonds. The topological polar surface area (TPSA) is 103 Å². The van der Waals surface area contributed by atoms with Crippen LogP contribution in [0.4, 0.5) is 5.69 Å². The number of carbonyl (C=O) groups excluding carboxylic acids is 1. The lowest BCUT2D eigenvalue weighted by Crippen LogP contribution is -2.28. The number of hydrogen-bond acceptors (Lipinski definition) is 6. The van der Waals surface area contributed by atoms with Gasteiger partial charge in [-0.25, -0.2) is 12.7 Å². The summed E-state index contributed by atoms with van der Waals surface area (Å²) in [5.41, 5.74) is 0.319. The van der Waals surface area contributed by atoms with Crippen molar-refractivity contribution in [2.45, 2.75) is 9.92 Å². The number of thioether (sulfide) groups is 1. The van der Waals surface area contributed by atoms with Crippen LogP contribution in [0.2, 0.25) is 0 Å². The molecule has 0 aliphatic carbocycles. The minimum Gasteiger partial charge on any atom is -0.618 e. The second-order valence-electron chi connectivity index (χ2n) is 5.35. The largest absolute Gasteiger partial charge is 0.618 e. The van der Waals surface area contributed by atoms with Gasteiger partial charge in [-0.05, 0) is 36.0 Å². The minimum absolute atomic E-state index is 0.00798. The van der Waals surface area contributed by atoms with E-state index in [9.17, 15) is 18.4 Å². The van der Waals surface area contributed by atoms with Crippen LogP contribution < -0.4 is 14.8 Å². The van der Waals surface area contributed by atoms with E-state index in [1.165, 1.54) is 39.5 Å². The van der Waals surface area contributed by atoms with Gasteiger partial charge in [0.15, 0.2) is 6.20 Å². The molecule has 0 aliphatic heterocycles. The molecule has 1 aromatic heterocycles. The van der Waals surface area contributed by atoms with Crippen LogP contribution in [0.15, 0.2) is 52.5 Å². The summed E-state index contributed by atoms with van der Waals surface area (Å²) in [5.74, 6) is -0.173. The highest BCUT2D eigenvalue weighted by molar-refractivity contribution is 7.99. The van der Waals surface area contributed by atoms with Crippen molar-refractivity contribution in [1.82, 2.24) is 4.31 Å². The Labute approximate surface area is 156 Å². The molecule has 1 aromatic carbocycles. The maximum atomic E-state index is 12.4. The molecule has 0 atom stereocenters. The summed E-state index contributed by atoms with van der Waals surface area (Å²) in [4.78, 5) is 12.1. The SMILES string of the molecule is COc1ccc(NC(=O)CSc2cccc[n+]2[O-])cc1S(=O)(=O)N(C)C. The van der Waals surface area contributed by atoms with Crippen LogP contribution in [0, 0.1) is 5.21 Å². The standard InChI is InChI=1S/C16H19N3O5S2/c1-18(2)26(22,23)14-10-12(7-8-13(14)24-3)17-15(20)11-25-16-6-4-5-9-19(16)21/h4-10H,11H2,1-3H3,(H,17,20). The maximum absolute atomic E-state index is 12.4. The van der Waals surface area contributed by atoms with Crippen molar-refractivity contribution in [3.05, 3.63) is 47.8 Å². The molecule has 0 aliphatic rings. The number of aromatic nitrogens is 1. The maximum Gasteiger partial charge on any atom is 0.251 e. The first-order valence-corrected chi connectivity index (χ1v) is 9.89. The van der Waals surface area contributed by atoms with Crippen LogP contribution in [-0.2, 0) is 14.8 Å². The first-order chi connectivity index (χ1) is 12.3. The van der Waals surface area contributed by atoms with Gasteiger partial charge in [-0.15, -0.1) is 0 Å². The fourth-order valence-corrected chi connectivity index (χ4v) is 3.80. The number of benzene rings is 1. The Hall–Kier alpha value is -2.30. The second kappa shape index (κ2) is 8.39. The smallest absolute Gasteiger partial charge is 0.251 e. The third kappa shape index (κ3) is 4.65. The number of hydrogen-bond donors (Lipinski definition) is 1. The van der Waals surface area contributed by atoms with Crippen molar-refractivity contribution in [2.24, 2.45) is 0 Å². The summed E-state index contributed by atoms with van der Waals surface area (Å²) in [5, 5.41) is 14.6. The van der Waals surface area contributed by atoms with E-state index in [0.717, 1.165) is 16.1 Å². The summed E-state index contributed by atoms with van der Waals surface area (Å²) in [7, 11) is 0.463. The number of amides is 1. The highest BCUT2D eigenvalue weighted by Gasteiger charge is 2.23. The van der Waals surface area contributed by atoms with Crippen LogP contribution in [-0.4, -0.2) is 45.6 Å². The Balaban J connectivity index is 2.14. The average molecular weight is 397 g/mol. The molecule has 2 aromatic rings. The van der Waals surface area contributed by atoms with Gasteiger partial charge in [0.25, 0.3) is 5.03 Å². The zero-order valence-corrected chi connectivity index (χ0v) is 16.1. The predicted octanol–water partition coefficient (Wildman–Crippen LogP) is 1.31. The molecule has 0 saturated heterocycles. The van der Waals surface area contributed by atoms with Crippen molar-refractivity contribution >= 4 is 33.4 Å². The van der Waals surface area contributed by atoms with Crippen molar-refractivity contribution < 1.29 is 22.7 Å². The number of sulfonamides is 1. The molecule has 1 heterocycles. The number of anilines is 1. The van der Waals surface area contributed by atoms with E-state index >= 15 is 0 Å². The van der Waals surface area contributed by atoms with E-state index in [1.54, 1.807) is 24.3 Å². The van der Waals surface area contributed by atoms with Crippen LogP contribution >= 0.6 is 11.8 Å². The molecule has 0 fully saturated rings. The van der Waals surface area contributed by atoms with Gasteiger partial charge >= 0.3 is 0 Å².